The van der Waals surface area contributed by atoms with Crippen LogP contribution in [0.25, 0.3) is 0 Å². The Morgan fingerprint density at radius 2 is 1.69 bits per heavy atom. The van der Waals surface area contributed by atoms with Crippen LogP contribution in [-0.2, 0) is 0 Å². The molecule has 78 valence electrons. The smallest absolute Gasteiger partial charge is 0.00670 e. The molecule has 1 aliphatic carbocycles. The van der Waals surface area contributed by atoms with Gasteiger partial charge in [0.2, 0.25) is 0 Å². The van der Waals surface area contributed by atoms with Crippen molar-refractivity contribution < 1.29 is 0 Å². The molecular weight excluding hydrogens is 160 g/mol. The van der Waals surface area contributed by atoms with Crippen LogP contribution >= 0.6 is 0 Å². The van der Waals surface area contributed by atoms with Crippen molar-refractivity contribution in [3.8, 4) is 0 Å². The van der Waals surface area contributed by atoms with Crippen LogP contribution in [-0.4, -0.2) is 19.1 Å². The quantitative estimate of drug-likeness (QED) is 0.594. The lowest BCUT2D eigenvalue weighted by atomic mass is 10.2. The molecule has 0 atom stereocenters. The molecule has 1 aliphatic rings. The average Bonchev–Trinajstić information content (AvgIpc) is 2.63. The molecule has 0 unspecified atom stereocenters. The summed E-state index contributed by atoms with van der Waals surface area (Å²) in [5, 5.41) is 3.63. The van der Waals surface area contributed by atoms with E-state index in [1.807, 2.05) is 0 Å². The first-order valence-electron chi connectivity index (χ1n) is 5.87. The third kappa shape index (κ3) is 5.27. The maximum absolute atomic E-state index is 5.43. The molecule has 1 saturated carbocycles. The van der Waals surface area contributed by atoms with Gasteiger partial charge in [0, 0.05) is 6.04 Å². The van der Waals surface area contributed by atoms with Gasteiger partial charge >= 0.3 is 0 Å². The highest BCUT2D eigenvalue weighted by Crippen LogP contribution is 2.17. The zero-order valence-electron chi connectivity index (χ0n) is 8.73. The van der Waals surface area contributed by atoms with Crippen molar-refractivity contribution in [2.24, 2.45) is 5.73 Å². The second-order valence-corrected chi connectivity index (χ2v) is 4.14. The van der Waals surface area contributed by atoms with Crippen molar-refractivity contribution >= 4 is 0 Å². The molecular formula is C11H24N2. The topological polar surface area (TPSA) is 38.0 Å². The Morgan fingerprint density at radius 1 is 1.00 bits per heavy atom. The second-order valence-electron chi connectivity index (χ2n) is 4.14. The van der Waals surface area contributed by atoms with Crippen molar-refractivity contribution in [3.63, 3.8) is 0 Å². The average molecular weight is 184 g/mol. The van der Waals surface area contributed by atoms with Gasteiger partial charge in [-0.1, -0.05) is 25.7 Å². The number of unbranched alkanes of at least 4 members (excludes halogenated alkanes) is 3. The standard InChI is InChI=1S/C11H24N2/c12-9-5-1-2-6-10-13-11-7-3-4-8-11/h11,13H,1-10,12H2. The Labute approximate surface area is 82.3 Å². The fraction of sp³-hybridized carbons (Fsp3) is 1.00. The fourth-order valence-corrected chi connectivity index (χ4v) is 2.06. The summed E-state index contributed by atoms with van der Waals surface area (Å²) in [6.45, 7) is 2.07. The van der Waals surface area contributed by atoms with E-state index < -0.39 is 0 Å². The maximum atomic E-state index is 5.43. The molecule has 0 aromatic heterocycles. The van der Waals surface area contributed by atoms with E-state index in [0.29, 0.717) is 0 Å². The van der Waals surface area contributed by atoms with Crippen LogP contribution in [0.15, 0.2) is 0 Å². The summed E-state index contributed by atoms with van der Waals surface area (Å²) >= 11 is 0. The van der Waals surface area contributed by atoms with Crippen molar-refractivity contribution in [3.05, 3.63) is 0 Å². The molecule has 2 nitrogen and oxygen atoms in total. The first-order chi connectivity index (χ1) is 6.43. The third-order valence-corrected chi connectivity index (χ3v) is 2.92. The van der Waals surface area contributed by atoms with Gasteiger partial charge < -0.3 is 11.1 Å². The van der Waals surface area contributed by atoms with Crippen molar-refractivity contribution in [2.45, 2.75) is 57.4 Å². The van der Waals surface area contributed by atoms with Crippen LogP contribution in [0.2, 0.25) is 0 Å². The largest absolute Gasteiger partial charge is 0.330 e. The molecule has 13 heavy (non-hydrogen) atoms. The molecule has 0 aliphatic heterocycles. The lowest BCUT2D eigenvalue weighted by Gasteiger charge is -2.10. The van der Waals surface area contributed by atoms with Crippen LogP contribution in [0.5, 0.6) is 0 Å². The molecule has 0 saturated heterocycles. The zero-order valence-corrected chi connectivity index (χ0v) is 8.73. The molecule has 0 aromatic rings. The normalized spacial score (nSPS) is 18.2. The Hall–Kier alpha value is -0.0800. The van der Waals surface area contributed by atoms with E-state index in [4.69, 9.17) is 5.73 Å². The first-order valence-corrected chi connectivity index (χ1v) is 5.87. The van der Waals surface area contributed by atoms with Crippen LogP contribution < -0.4 is 11.1 Å². The van der Waals surface area contributed by atoms with E-state index in [1.165, 1.54) is 57.9 Å². The molecule has 0 spiro atoms. The predicted octanol–water partition coefficient (Wildman–Crippen LogP) is 2.04. The number of hydrogen-bond donors (Lipinski definition) is 2. The van der Waals surface area contributed by atoms with Gasteiger partial charge in [-0.3, -0.25) is 0 Å². The monoisotopic (exact) mass is 184 g/mol. The Kier molecular flexibility index (Phi) is 6.21. The molecule has 0 amide bonds. The Balaban J connectivity index is 1.78. The van der Waals surface area contributed by atoms with E-state index in [0.717, 1.165) is 12.6 Å². The molecule has 3 N–H and O–H groups in total. The van der Waals surface area contributed by atoms with Gasteiger partial charge in [-0.2, -0.15) is 0 Å². The van der Waals surface area contributed by atoms with Gasteiger partial charge in [0.1, 0.15) is 0 Å². The van der Waals surface area contributed by atoms with Crippen molar-refractivity contribution in [2.75, 3.05) is 13.1 Å². The lowest BCUT2D eigenvalue weighted by Crippen LogP contribution is -2.26. The highest BCUT2D eigenvalue weighted by atomic mass is 14.9. The van der Waals surface area contributed by atoms with Gasteiger partial charge in [0.15, 0.2) is 0 Å². The maximum Gasteiger partial charge on any atom is 0.00670 e. The van der Waals surface area contributed by atoms with E-state index in [2.05, 4.69) is 5.32 Å². The van der Waals surface area contributed by atoms with Crippen molar-refractivity contribution in [1.29, 1.82) is 0 Å². The fourth-order valence-electron chi connectivity index (χ4n) is 2.06. The van der Waals surface area contributed by atoms with Crippen LogP contribution in [0.4, 0.5) is 0 Å². The Bertz CT molecular complexity index is 109. The first kappa shape index (κ1) is 11.0. The molecule has 1 rings (SSSR count). The summed E-state index contributed by atoms with van der Waals surface area (Å²) in [6, 6.07) is 0.842. The van der Waals surface area contributed by atoms with Crippen LogP contribution in [0, 0.1) is 0 Å². The van der Waals surface area contributed by atoms with Gasteiger partial charge in [-0.15, -0.1) is 0 Å². The summed E-state index contributed by atoms with van der Waals surface area (Å²) in [5.74, 6) is 0. The van der Waals surface area contributed by atoms with E-state index >= 15 is 0 Å². The van der Waals surface area contributed by atoms with Gasteiger partial charge in [0.05, 0.1) is 0 Å². The summed E-state index contributed by atoms with van der Waals surface area (Å²) in [4.78, 5) is 0. The van der Waals surface area contributed by atoms with E-state index in [1.54, 1.807) is 0 Å². The van der Waals surface area contributed by atoms with Gasteiger partial charge in [0.25, 0.3) is 0 Å². The number of nitrogens with two attached hydrogens (primary N) is 1. The molecule has 0 bridgehead atoms. The lowest BCUT2D eigenvalue weighted by molar-refractivity contribution is 0.500. The highest BCUT2D eigenvalue weighted by Gasteiger charge is 2.12. The Morgan fingerprint density at radius 3 is 2.38 bits per heavy atom. The minimum Gasteiger partial charge on any atom is -0.330 e. The van der Waals surface area contributed by atoms with Crippen molar-refractivity contribution in [1.82, 2.24) is 5.32 Å². The molecule has 1 fully saturated rings. The molecule has 2 heteroatoms. The zero-order chi connectivity index (χ0) is 9.36. The van der Waals surface area contributed by atoms with E-state index in [-0.39, 0.29) is 0 Å². The summed E-state index contributed by atoms with van der Waals surface area (Å²) < 4.78 is 0. The second kappa shape index (κ2) is 7.34. The van der Waals surface area contributed by atoms with Gasteiger partial charge in [-0.25, -0.2) is 0 Å². The number of nitrogens with one attached hydrogen (secondary N) is 1. The molecule has 0 heterocycles. The number of rotatable bonds is 7. The third-order valence-electron chi connectivity index (χ3n) is 2.92. The summed E-state index contributed by atoms with van der Waals surface area (Å²) in [6.07, 6.45) is 10.9. The predicted molar refractivity (Wildman–Crippen MR) is 57.8 cm³/mol. The highest BCUT2D eigenvalue weighted by molar-refractivity contribution is 4.73. The van der Waals surface area contributed by atoms with Crippen LogP contribution in [0.1, 0.15) is 51.4 Å². The molecule has 0 radical (unpaired) electrons. The van der Waals surface area contributed by atoms with E-state index in [9.17, 15) is 0 Å². The minimum absolute atomic E-state index is 0.842. The van der Waals surface area contributed by atoms with Gasteiger partial charge in [-0.05, 0) is 38.8 Å². The number of hydrogen-bond acceptors (Lipinski definition) is 2. The summed E-state index contributed by atoms with van der Waals surface area (Å²) in [7, 11) is 0. The molecule has 0 aromatic carbocycles. The SMILES string of the molecule is NCCCCCCNC1CCCC1. The van der Waals surface area contributed by atoms with Crippen LogP contribution in [0.3, 0.4) is 0 Å². The summed E-state index contributed by atoms with van der Waals surface area (Å²) in [5.41, 5.74) is 5.43. The minimum atomic E-state index is 0.842.